The van der Waals surface area contributed by atoms with E-state index >= 15 is 0 Å². The first-order valence-electron chi connectivity index (χ1n) is 7.40. The third kappa shape index (κ3) is 3.16. The summed E-state index contributed by atoms with van der Waals surface area (Å²) in [5, 5.41) is 9.00. The molecule has 0 bridgehead atoms. The maximum atomic E-state index is 12.7. The molecule has 1 fully saturated rings. The van der Waals surface area contributed by atoms with Crippen LogP contribution in [0.5, 0.6) is 0 Å². The Morgan fingerprint density at radius 3 is 2.74 bits per heavy atom. The van der Waals surface area contributed by atoms with Crippen LogP contribution in [0.1, 0.15) is 43.8 Å². The molecule has 23 heavy (non-hydrogen) atoms. The van der Waals surface area contributed by atoms with Gasteiger partial charge in [0.15, 0.2) is 0 Å². The maximum absolute atomic E-state index is 12.7. The van der Waals surface area contributed by atoms with Crippen molar-refractivity contribution in [3.05, 3.63) is 45.5 Å². The van der Waals surface area contributed by atoms with Crippen LogP contribution < -0.4 is 0 Å². The zero-order valence-corrected chi connectivity index (χ0v) is 13.5. The third-order valence-electron chi connectivity index (χ3n) is 3.78. The molecule has 1 amide bonds. The predicted molar refractivity (Wildman–Crippen MR) is 84.0 cm³/mol. The first-order valence-corrected chi connectivity index (χ1v) is 8.22. The zero-order chi connectivity index (χ0) is 16.4. The molecule has 1 atom stereocenters. The topological polar surface area (TPSA) is 80.0 Å². The van der Waals surface area contributed by atoms with Crippen LogP contribution in [0.4, 0.5) is 0 Å². The van der Waals surface area contributed by atoms with Crippen LogP contribution in [0.2, 0.25) is 0 Å². The summed E-state index contributed by atoms with van der Waals surface area (Å²) in [6.45, 7) is 3.29. The molecule has 2 aromatic heterocycles. The number of amides is 1. The Labute approximate surface area is 137 Å². The normalized spacial score (nSPS) is 18.1. The molecule has 6 nitrogen and oxygen atoms in total. The van der Waals surface area contributed by atoms with Crippen molar-refractivity contribution in [2.45, 2.75) is 19.4 Å². The average Bonchev–Trinajstić information content (AvgIpc) is 3.23. The van der Waals surface area contributed by atoms with Crippen molar-refractivity contribution in [3.63, 3.8) is 0 Å². The molecule has 0 aromatic carbocycles. The fourth-order valence-electron chi connectivity index (χ4n) is 2.56. The molecular formula is C16H17NO5S. The molecule has 3 rings (SSSR count). The van der Waals surface area contributed by atoms with Gasteiger partial charge >= 0.3 is 5.97 Å². The minimum absolute atomic E-state index is 0.157. The van der Waals surface area contributed by atoms with Crippen LogP contribution in [0, 0.1) is 0 Å². The summed E-state index contributed by atoms with van der Waals surface area (Å²) in [5.74, 6) is 0.351. The number of carboxylic acid groups (broad SMARTS) is 1. The third-order valence-corrected chi connectivity index (χ3v) is 4.84. The van der Waals surface area contributed by atoms with E-state index in [0.717, 1.165) is 23.5 Å². The Kier molecular flexibility index (Phi) is 4.49. The van der Waals surface area contributed by atoms with Crippen molar-refractivity contribution in [3.8, 4) is 0 Å². The van der Waals surface area contributed by atoms with Crippen LogP contribution in [-0.2, 0) is 11.2 Å². The summed E-state index contributed by atoms with van der Waals surface area (Å²) in [4.78, 5) is 26.0. The van der Waals surface area contributed by atoms with Crippen molar-refractivity contribution < 1.29 is 23.8 Å². The van der Waals surface area contributed by atoms with Gasteiger partial charge < -0.3 is 19.2 Å². The Morgan fingerprint density at radius 2 is 2.09 bits per heavy atom. The highest BCUT2D eigenvalue weighted by atomic mass is 32.1. The van der Waals surface area contributed by atoms with Gasteiger partial charge in [-0.25, -0.2) is 4.79 Å². The molecule has 3 heterocycles. The highest BCUT2D eigenvalue weighted by Gasteiger charge is 2.32. The van der Waals surface area contributed by atoms with Gasteiger partial charge in [0, 0.05) is 13.0 Å². The van der Waals surface area contributed by atoms with Gasteiger partial charge in [-0.2, -0.15) is 0 Å². The summed E-state index contributed by atoms with van der Waals surface area (Å²) in [6.07, 6.45) is 0.786. The van der Waals surface area contributed by atoms with Gasteiger partial charge in [0.1, 0.15) is 22.4 Å². The first kappa shape index (κ1) is 15.8. The summed E-state index contributed by atoms with van der Waals surface area (Å²) < 4.78 is 11.3. The molecule has 1 aliphatic heterocycles. The molecule has 0 spiro atoms. The SMILES string of the molecule is CCc1ccc([C@@H]2COCCN2C(=O)c2ccc(C(=O)O)s2)o1. The smallest absolute Gasteiger partial charge is 0.345 e. The molecule has 1 N–H and O–H groups in total. The molecule has 1 aliphatic rings. The highest BCUT2D eigenvalue weighted by molar-refractivity contribution is 7.15. The number of ether oxygens (including phenoxy) is 1. The second kappa shape index (κ2) is 6.55. The van der Waals surface area contributed by atoms with Gasteiger partial charge in [0.25, 0.3) is 5.91 Å². The summed E-state index contributed by atoms with van der Waals surface area (Å²) in [7, 11) is 0. The second-order valence-electron chi connectivity index (χ2n) is 5.22. The number of carbonyl (C=O) groups excluding carboxylic acids is 1. The Bertz CT molecular complexity index is 720. The predicted octanol–water partition coefficient (Wildman–Crippen LogP) is 2.82. The molecule has 122 valence electrons. The molecule has 0 radical (unpaired) electrons. The second-order valence-corrected chi connectivity index (χ2v) is 6.30. The van der Waals surface area contributed by atoms with E-state index in [0.29, 0.717) is 30.4 Å². The molecule has 2 aromatic rings. The minimum atomic E-state index is -1.02. The standard InChI is InChI=1S/C16H17NO5S/c1-2-10-3-4-12(22-10)11-9-21-8-7-17(11)15(18)13-5-6-14(23-13)16(19)20/h3-6,11H,2,7-9H2,1H3,(H,19,20)/t11-/m0/s1. The number of nitrogens with zero attached hydrogens (tertiary/aromatic N) is 1. The number of carbonyl (C=O) groups is 2. The first-order chi connectivity index (χ1) is 11.1. The van der Waals surface area contributed by atoms with E-state index in [1.54, 1.807) is 11.0 Å². The van der Waals surface area contributed by atoms with Gasteiger partial charge in [0.05, 0.1) is 18.1 Å². The maximum Gasteiger partial charge on any atom is 0.345 e. The van der Waals surface area contributed by atoms with Crippen LogP contribution in [-0.4, -0.2) is 41.6 Å². The van der Waals surface area contributed by atoms with Crippen molar-refractivity contribution >= 4 is 23.2 Å². The highest BCUT2D eigenvalue weighted by Crippen LogP contribution is 2.29. The van der Waals surface area contributed by atoms with Gasteiger partial charge in [0.2, 0.25) is 0 Å². The monoisotopic (exact) mass is 335 g/mol. The summed E-state index contributed by atoms with van der Waals surface area (Å²) in [5.41, 5.74) is 0. The van der Waals surface area contributed by atoms with Crippen molar-refractivity contribution in [1.82, 2.24) is 4.90 Å². The number of hydrogen-bond donors (Lipinski definition) is 1. The van der Waals surface area contributed by atoms with Crippen molar-refractivity contribution in [2.24, 2.45) is 0 Å². The average molecular weight is 335 g/mol. The lowest BCUT2D eigenvalue weighted by Gasteiger charge is -2.34. The Balaban J connectivity index is 1.85. The lowest BCUT2D eigenvalue weighted by atomic mass is 10.1. The van der Waals surface area contributed by atoms with Gasteiger partial charge in [-0.15, -0.1) is 11.3 Å². The van der Waals surface area contributed by atoms with E-state index in [1.807, 2.05) is 19.1 Å². The van der Waals surface area contributed by atoms with E-state index < -0.39 is 5.97 Å². The number of furan rings is 1. The van der Waals surface area contributed by atoms with Gasteiger partial charge in [-0.05, 0) is 24.3 Å². The number of hydrogen-bond acceptors (Lipinski definition) is 5. The summed E-state index contributed by atoms with van der Waals surface area (Å²) in [6, 6.07) is 6.50. The fourth-order valence-corrected chi connectivity index (χ4v) is 3.36. The number of rotatable bonds is 4. The van der Waals surface area contributed by atoms with E-state index in [-0.39, 0.29) is 16.8 Å². The van der Waals surface area contributed by atoms with Crippen LogP contribution in [0.15, 0.2) is 28.7 Å². The fraction of sp³-hybridized carbons (Fsp3) is 0.375. The van der Waals surface area contributed by atoms with Crippen LogP contribution in [0.3, 0.4) is 0 Å². The van der Waals surface area contributed by atoms with E-state index in [9.17, 15) is 9.59 Å². The molecule has 1 saturated heterocycles. The minimum Gasteiger partial charge on any atom is -0.477 e. The molecule has 0 unspecified atom stereocenters. The van der Waals surface area contributed by atoms with E-state index in [4.69, 9.17) is 14.3 Å². The molecule has 0 saturated carbocycles. The van der Waals surface area contributed by atoms with Gasteiger partial charge in [-0.1, -0.05) is 6.92 Å². The Hall–Kier alpha value is -2.12. The van der Waals surface area contributed by atoms with E-state index in [1.165, 1.54) is 6.07 Å². The summed E-state index contributed by atoms with van der Waals surface area (Å²) >= 11 is 0.988. The van der Waals surface area contributed by atoms with Crippen molar-refractivity contribution in [2.75, 3.05) is 19.8 Å². The largest absolute Gasteiger partial charge is 0.477 e. The van der Waals surface area contributed by atoms with Crippen molar-refractivity contribution in [1.29, 1.82) is 0 Å². The number of aryl methyl sites for hydroxylation is 1. The Morgan fingerprint density at radius 1 is 1.30 bits per heavy atom. The number of aromatic carboxylic acids is 1. The van der Waals surface area contributed by atoms with Gasteiger partial charge in [-0.3, -0.25) is 4.79 Å². The number of thiophene rings is 1. The lowest BCUT2D eigenvalue weighted by Crippen LogP contribution is -2.43. The van der Waals surface area contributed by atoms with Crippen LogP contribution >= 0.6 is 11.3 Å². The lowest BCUT2D eigenvalue weighted by molar-refractivity contribution is -0.00876. The quantitative estimate of drug-likeness (QED) is 0.929. The molecular weight excluding hydrogens is 318 g/mol. The zero-order valence-electron chi connectivity index (χ0n) is 12.7. The number of morpholine rings is 1. The molecule has 7 heteroatoms. The van der Waals surface area contributed by atoms with Crippen LogP contribution in [0.25, 0.3) is 0 Å². The van der Waals surface area contributed by atoms with E-state index in [2.05, 4.69) is 0 Å². The number of carboxylic acids is 1. The molecule has 0 aliphatic carbocycles.